The number of furan rings is 1. The lowest BCUT2D eigenvalue weighted by atomic mass is 10.1. The number of hydrogen-bond donors (Lipinski definition) is 1. The van der Waals surface area contributed by atoms with Gasteiger partial charge in [-0.3, -0.25) is 9.59 Å². The molecule has 2 amide bonds. The van der Waals surface area contributed by atoms with Gasteiger partial charge < -0.3 is 24.1 Å². The Hall–Kier alpha value is -4.54. The van der Waals surface area contributed by atoms with Gasteiger partial charge in [-0.15, -0.1) is 0 Å². The lowest BCUT2D eigenvalue weighted by molar-refractivity contribution is 0.0821. The van der Waals surface area contributed by atoms with Crippen LogP contribution in [0, 0.1) is 6.92 Å². The summed E-state index contributed by atoms with van der Waals surface area (Å²) in [5.74, 6) is 1.02. The molecule has 3 aromatic heterocycles. The average molecular weight is 448 g/mol. The molecule has 168 valence electrons. The molecule has 0 atom stereocenters. The summed E-state index contributed by atoms with van der Waals surface area (Å²) in [7, 11) is 4.73. The summed E-state index contributed by atoms with van der Waals surface area (Å²) in [5.41, 5.74) is 0.922. The van der Waals surface area contributed by atoms with Crippen LogP contribution in [0.1, 0.15) is 26.6 Å². The Balaban J connectivity index is 1.62. The molecule has 4 aromatic rings. The number of aryl methyl sites for hydroxylation is 1. The van der Waals surface area contributed by atoms with Gasteiger partial charge in [0.2, 0.25) is 11.8 Å². The normalized spacial score (nSPS) is 10.7. The van der Waals surface area contributed by atoms with E-state index >= 15 is 0 Å². The minimum absolute atomic E-state index is 0.157. The molecule has 0 aliphatic rings. The maximum Gasteiger partial charge on any atom is 0.273 e. The Morgan fingerprint density at radius 2 is 1.73 bits per heavy atom. The summed E-state index contributed by atoms with van der Waals surface area (Å²) >= 11 is 0. The van der Waals surface area contributed by atoms with Crippen LogP contribution in [-0.2, 0) is 0 Å². The van der Waals surface area contributed by atoms with E-state index in [1.165, 1.54) is 36.8 Å². The molecule has 11 nitrogen and oxygen atoms in total. The molecular formula is C22H20N6O5. The van der Waals surface area contributed by atoms with Gasteiger partial charge in [0.05, 0.1) is 37.3 Å². The molecule has 33 heavy (non-hydrogen) atoms. The molecule has 11 heteroatoms. The van der Waals surface area contributed by atoms with Gasteiger partial charge in [-0.05, 0) is 25.1 Å². The van der Waals surface area contributed by atoms with Crippen molar-refractivity contribution in [3.8, 4) is 17.5 Å². The van der Waals surface area contributed by atoms with Crippen LogP contribution < -0.4 is 14.8 Å². The molecule has 0 spiro atoms. The van der Waals surface area contributed by atoms with Gasteiger partial charge in [-0.25, -0.2) is 19.9 Å². The summed E-state index contributed by atoms with van der Waals surface area (Å²) in [5, 5.41) is 3.32. The van der Waals surface area contributed by atoms with Crippen molar-refractivity contribution in [1.82, 2.24) is 24.8 Å². The fourth-order valence-electron chi connectivity index (χ4n) is 2.95. The van der Waals surface area contributed by atoms with Crippen molar-refractivity contribution < 1.29 is 23.5 Å². The van der Waals surface area contributed by atoms with Crippen LogP contribution in [0.4, 0.5) is 5.82 Å². The minimum Gasteiger partial charge on any atom is -0.480 e. The van der Waals surface area contributed by atoms with Gasteiger partial charge in [-0.1, -0.05) is 0 Å². The molecule has 0 saturated heterocycles. The highest BCUT2D eigenvalue weighted by molar-refractivity contribution is 6.06. The third-order valence-electron chi connectivity index (χ3n) is 4.53. The monoisotopic (exact) mass is 448 g/mol. The number of carbonyl (C=O) groups excluding carboxylic acids is 2. The number of nitrogens with zero attached hydrogens (tertiary/aromatic N) is 5. The summed E-state index contributed by atoms with van der Waals surface area (Å²) in [6.45, 7) is 1.79. The number of carbonyl (C=O) groups is 2. The summed E-state index contributed by atoms with van der Waals surface area (Å²) in [6, 6.07) is 4.95. The van der Waals surface area contributed by atoms with Crippen molar-refractivity contribution in [2.24, 2.45) is 0 Å². The number of nitrogens with one attached hydrogen (secondary N) is 1. The zero-order valence-electron chi connectivity index (χ0n) is 18.3. The van der Waals surface area contributed by atoms with Crippen molar-refractivity contribution >= 4 is 28.6 Å². The van der Waals surface area contributed by atoms with E-state index in [0.29, 0.717) is 28.4 Å². The Bertz CT molecular complexity index is 1320. The van der Waals surface area contributed by atoms with E-state index < -0.39 is 5.91 Å². The Labute approximate surface area is 188 Å². The van der Waals surface area contributed by atoms with Crippen molar-refractivity contribution in [2.45, 2.75) is 6.92 Å². The van der Waals surface area contributed by atoms with Crippen molar-refractivity contribution in [3.05, 3.63) is 60.0 Å². The lowest BCUT2D eigenvalue weighted by Gasteiger charge is -2.11. The molecule has 0 saturated carbocycles. The van der Waals surface area contributed by atoms with Crippen LogP contribution >= 0.6 is 0 Å². The highest BCUT2D eigenvalue weighted by Gasteiger charge is 2.17. The highest BCUT2D eigenvalue weighted by atomic mass is 16.5. The highest BCUT2D eigenvalue weighted by Crippen LogP contribution is 2.33. The fourth-order valence-corrected chi connectivity index (χ4v) is 2.95. The van der Waals surface area contributed by atoms with E-state index in [9.17, 15) is 9.59 Å². The van der Waals surface area contributed by atoms with Crippen LogP contribution in [0.15, 0.2) is 47.4 Å². The second-order valence-corrected chi connectivity index (χ2v) is 7.18. The quantitative estimate of drug-likeness (QED) is 0.472. The molecule has 0 bridgehead atoms. The van der Waals surface area contributed by atoms with E-state index in [4.69, 9.17) is 13.9 Å². The maximum atomic E-state index is 12.8. The van der Waals surface area contributed by atoms with E-state index in [0.717, 1.165) is 0 Å². The summed E-state index contributed by atoms with van der Waals surface area (Å²) in [6.07, 6.45) is 5.45. The molecule has 0 fully saturated rings. The first-order chi connectivity index (χ1) is 15.8. The van der Waals surface area contributed by atoms with E-state index in [1.807, 2.05) is 0 Å². The van der Waals surface area contributed by atoms with Crippen LogP contribution in [0.2, 0.25) is 0 Å². The average Bonchev–Trinajstić information content (AvgIpc) is 3.20. The van der Waals surface area contributed by atoms with E-state index in [1.54, 1.807) is 39.2 Å². The molecule has 4 rings (SSSR count). The number of fused-ring (bicyclic) bond motifs is 1. The number of hydrogen-bond acceptors (Lipinski definition) is 9. The summed E-state index contributed by atoms with van der Waals surface area (Å²) in [4.78, 5) is 42.6. The zero-order chi connectivity index (χ0) is 23.5. The molecule has 1 aromatic carbocycles. The number of ether oxygens (including phenoxy) is 2. The van der Waals surface area contributed by atoms with Crippen molar-refractivity contribution in [1.29, 1.82) is 0 Å². The van der Waals surface area contributed by atoms with E-state index in [-0.39, 0.29) is 28.9 Å². The van der Waals surface area contributed by atoms with Crippen molar-refractivity contribution in [3.63, 3.8) is 0 Å². The third kappa shape index (κ3) is 4.71. The largest absolute Gasteiger partial charge is 0.480 e. The van der Waals surface area contributed by atoms with Gasteiger partial charge in [0.15, 0.2) is 5.82 Å². The second kappa shape index (κ2) is 8.91. The molecule has 1 N–H and O–H groups in total. The first-order valence-corrected chi connectivity index (χ1v) is 9.77. The predicted octanol–water partition coefficient (Wildman–Crippen LogP) is 3.08. The van der Waals surface area contributed by atoms with Crippen molar-refractivity contribution in [2.75, 3.05) is 26.5 Å². The first-order valence-electron chi connectivity index (χ1n) is 9.77. The van der Waals surface area contributed by atoms with Crippen LogP contribution in [0.25, 0.3) is 11.0 Å². The second-order valence-electron chi connectivity index (χ2n) is 7.18. The number of anilines is 1. The Kier molecular flexibility index (Phi) is 5.85. The lowest BCUT2D eigenvalue weighted by Crippen LogP contribution is -2.22. The minimum atomic E-state index is -0.437. The van der Waals surface area contributed by atoms with Crippen LogP contribution in [0.5, 0.6) is 17.5 Å². The van der Waals surface area contributed by atoms with Crippen LogP contribution in [-0.4, -0.2) is 57.9 Å². The first kappa shape index (κ1) is 21.7. The Morgan fingerprint density at radius 1 is 0.970 bits per heavy atom. The number of amides is 2. The molecular weight excluding hydrogens is 428 g/mol. The van der Waals surface area contributed by atoms with Crippen LogP contribution in [0.3, 0.4) is 0 Å². The molecule has 3 heterocycles. The molecule has 0 aliphatic heterocycles. The predicted molar refractivity (Wildman–Crippen MR) is 118 cm³/mol. The number of rotatable bonds is 6. The fraction of sp³-hybridized carbons (Fsp3) is 0.182. The maximum absolute atomic E-state index is 12.8. The topological polar surface area (TPSA) is 133 Å². The SMILES string of the molecule is COc1cnc(NC(=O)c2cc(Oc3cnc(C(=O)N(C)C)cn3)c3cc(C)oc3c2)cn1. The Morgan fingerprint density at radius 3 is 2.36 bits per heavy atom. The zero-order valence-corrected chi connectivity index (χ0v) is 18.3. The number of methoxy groups -OCH3 is 1. The van der Waals surface area contributed by atoms with Gasteiger partial charge in [0.1, 0.15) is 22.8 Å². The third-order valence-corrected chi connectivity index (χ3v) is 4.53. The standard InChI is InChI=1S/C22H20N6O5/c1-12-5-14-16(32-12)6-13(21(29)27-18-9-26-19(31-4)10-24-18)7-17(14)33-20-11-23-15(8-25-20)22(30)28(2)3/h5-11H,1-4H3,(H,24,27,29). The number of benzene rings is 1. The molecule has 0 unspecified atom stereocenters. The smallest absolute Gasteiger partial charge is 0.273 e. The van der Waals surface area contributed by atoms with Gasteiger partial charge in [0, 0.05) is 19.7 Å². The molecule has 0 aliphatic carbocycles. The van der Waals surface area contributed by atoms with Gasteiger partial charge in [0.25, 0.3) is 11.8 Å². The van der Waals surface area contributed by atoms with Gasteiger partial charge >= 0.3 is 0 Å². The molecule has 0 radical (unpaired) electrons. The van der Waals surface area contributed by atoms with E-state index in [2.05, 4.69) is 25.3 Å². The summed E-state index contributed by atoms with van der Waals surface area (Å²) < 4.78 is 16.6. The van der Waals surface area contributed by atoms with Gasteiger partial charge in [-0.2, -0.15) is 0 Å². The number of aromatic nitrogens is 4.